The minimum atomic E-state index is -1.29. The molecular formula is C22H28N2O3. The summed E-state index contributed by atoms with van der Waals surface area (Å²) in [6, 6.07) is 7.80. The van der Waals surface area contributed by atoms with E-state index in [0.717, 1.165) is 0 Å². The number of ketones is 1. The van der Waals surface area contributed by atoms with E-state index in [1.54, 1.807) is 6.92 Å². The zero-order chi connectivity index (χ0) is 19.4. The molecule has 1 aliphatic carbocycles. The minimum Gasteiger partial charge on any atom is -0.342 e. The van der Waals surface area contributed by atoms with E-state index in [4.69, 9.17) is 0 Å². The molecule has 5 heteroatoms. The lowest BCUT2D eigenvalue weighted by Crippen LogP contribution is -2.43. The fraction of sp³-hybridized carbons (Fsp3) is 0.500. The van der Waals surface area contributed by atoms with Crippen LogP contribution in [0.4, 0.5) is 5.69 Å². The number of hydrogen-bond acceptors (Lipinski definition) is 3. The highest BCUT2D eigenvalue weighted by atomic mass is 16.2. The van der Waals surface area contributed by atoms with Gasteiger partial charge in [-0.2, -0.15) is 0 Å². The number of carbonyl (C=O) groups excluding carboxylic acids is 3. The van der Waals surface area contributed by atoms with Crippen molar-refractivity contribution in [3.63, 3.8) is 0 Å². The van der Waals surface area contributed by atoms with E-state index in [2.05, 4.69) is 10.6 Å². The lowest BCUT2D eigenvalue weighted by atomic mass is 9.84. The summed E-state index contributed by atoms with van der Waals surface area (Å²) in [6.07, 6.45) is 10.3. The van der Waals surface area contributed by atoms with E-state index in [-0.39, 0.29) is 5.78 Å². The van der Waals surface area contributed by atoms with Gasteiger partial charge in [0, 0.05) is 5.69 Å². The quantitative estimate of drug-likeness (QED) is 0.614. The molecule has 2 aliphatic rings. The third-order valence-corrected chi connectivity index (χ3v) is 5.75. The van der Waals surface area contributed by atoms with E-state index in [1.807, 2.05) is 43.3 Å². The minimum absolute atomic E-state index is 0.373. The number of carbonyl (C=O) groups is 3. The maximum atomic E-state index is 12.7. The van der Waals surface area contributed by atoms with Crippen molar-refractivity contribution in [3.05, 3.63) is 42.0 Å². The number of rotatable bonds is 5. The lowest BCUT2D eigenvalue weighted by Gasteiger charge is -2.22. The van der Waals surface area contributed by atoms with E-state index < -0.39 is 23.3 Å². The van der Waals surface area contributed by atoms with Crippen molar-refractivity contribution in [2.45, 2.75) is 63.8 Å². The van der Waals surface area contributed by atoms with Crippen LogP contribution in [0.2, 0.25) is 0 Å². The number of allylic oxidation sites excluding steroid dienone is 1. The average molecular weight is 368 g/mol. The van der Waals surface area contributed by atoms with Gasteiger partial charge in [0.1, 0.15) is 5.54 Å². The van der Waals surface area contributed by atoms with Crippen LogP contribution >= 0.6 is 0 Å². The molecule has 0 aromatic heterocycles. The molecule has 2 unspecified atom stereocenters. The van der Waals surface area contributed by atoms with Gasteiger partial charge in [-0.1, -0.05) is 43.5 Å². The number of hydrogen-bond donors (Lipinski definition) is 2. The summed E-state index contributed by atoms with van der Waals surface area (Å²) in [5.41, 5.74) is 0.889. The van der Waals surface area contributed by atoms with E-state index in [9.17, 15) is 14.4 Å². The molecule has 5 nitrogen and oxygen atoms in total. The van der Waals surface area contributed by atoms with Gasteiger partial charge in [0.05, 0.1) is 0 Å². The molecule has 1 aliphatic heterocycles. The third-order valence-electron chi connectivity index (χ3n) is 5.75. The Morgan fingerprint density at radius 2 is 1.85 bits per heavy atom. The molecule has 1 saturated heterocycles. The van der Waals surface area contributed by atoms with E-state index in [1.165, 1.54) is 37.7 Å². The SMILES string of the molecule is CC=CCC1(C)NC(=O)C(C(=O)Nc2ccc(C3CCCCC3)cc2)C1=O. The summed E-state index contributed by atoms with van der Waals surface area (Å²) in [5.74, 6) is -2.16. The topological polar surface area (TPSA) is 75.3 Å². The molecule has 27 heavy (non-hydrogen) atoms. The summed E-state index contributed by atoms with van der Waals surface area (Å²) in [5, 5.41) is 5.41. The number of Topliss-reactive ketones (excluding diaryl/α,β-unsaturated/α-hetero) is 1. The van der Waals surface area contributed by atoms with Crippen LogP contribution < -0.4 is 10.6 Å². The van der Waals surface area contributed by atoms with Crippen molar-refractivity contribution >= 4 is 23.3 Å². The molecule has 2 atom stereocenters. The van der Waals surface area contributed by atoms with Crippen LogP contribution in [0.3, 0.4) is 0 Å². The summed E-state index contributed by atoms with van der Waals surface area (Å²) < 4.78 is 0. The fourth-order valence-corrected chi connectivity index (χ4v) is 4.08. The smallest absolute Gasteiger partial charge is 0.244 e. The molecule has 1 aromatic carbocycles. The van der Waals surface area contributed by atoms with Crippen LogP contribution in [-0.4, -0.2) is 23.1 Å². The second-order valence-corrected chi connectivity index (χ2v) is 7.84. The first-order valence-electron chi connectivity index (χ1n) is 9.83. The van der Waals surface area contributed by atoms with Gasteiger partial charge in [0.25, 0.3) is 0 Å². The molecule has 1 heterocycles. The second kappa shape index (κ2) is 8.07. The van der Waals surface area contributed by atoms with Crippen LogP contribution in [0, 0.1) is 5.92 Å². The molecule has 2 amide bonds. The standard InChI is InChI=1S/C22H28N2O3/c1-3-4-14-22(2)19(25)18(21(27)24-22)20(26)23-17-12-10-16(11-13-17)15-8-6-5-7-9-15/h3-4,10-13,15,18H,5-9,14H2,1-2H3,(H,23,26)(H,24,27). The largest absolute Gasteiger partial charge is 0.342 e. The fourth-order valence-electron chi connectivity index (χ4n) is 4.08. The number of nitrogens with one attached hydrogen (secondary N) is 2. The Labute approximate surface area is 160 Å². The molecule has 3 rings (SSSR count). The Hall–Kier alpha value is -2.43. The summed E-state index contributed by atoms with van der Waals surface area (Å²) in [7, 11) is 0. The van der Waals surface area contributed by atoms with Crippen LogP contribution in [-0.2, 0) is 14.4 Å². The zero-order valence-corrected chi connectivity index (χ0v) is 16.1. The Morgan fingerprint density at radius 1 is 1.19 bits per heavy atom. The molecule has 1 aromatic rings. The Bertz CT molecular complexity index is 747. The molecule has 0 spiro atoms. The van der Waals surface area contributed by atoms with Gasteiger partial charge >= 0.3 is 0 Å². The maximum absolute atomic E-state index is 12.7. The molecular weight excluding hydrogens is 340 g/mol. The average Bonchev–Trinajstić information content (AvgIpc) is 2.90. The monoisotopic (exact) mass is 368 g/mol. The molecule has 2 N–H and O–H groups in total. The first-order valence-corrected chi connectivity index (χ1v) is 9.83. The normalized spacial score (nSPS) is 26.4. The molecule has 0 radical (unpaired) electrons. The van der Waals surface area contributed by atoms with Gasteiger partial charge < -0.3 is 10.6 Å². The van der Waals surface area contributed by atoms with Crippen LogP contribution in [0.1, 0.15) is 63.9 Å². The van der Waals surface area contributed by atoms with Crippen molar-refractivity contribution in [2.75, 3.05) is 5.32 Å². The summed E-state index contributed by atoms with van der Waals surface area (Å²) >= 11 is 0. The van der Waals surface area contributed by atoms with Crippen molar-refractivity contribution in [2.24, 2.45) is 5.92 Å². The van der Waals surface area contributed by atoms with Crippen LogP contribution in [0.5, 0.6) is 0 Å². The maximum Gasteiger partial charge on any atom is 0.244 e. The van der Waals surface area contributed by atoms with Crippen molar-refractivity contribution < 1.29 is 14.4 Å². The Kier molecular flexibility index (Phi) is 5.78. The number of anilines is 1. The number of benzene rings is 1. The van der Waals surface area contributed by atoms with E-state index in [0.29, 0.717) is 18.0 Å². The molecule has 2 fully saturated rings. The van der Waals surface area contributed by atoms with Crippen LogP contribution in [0.15, 0.2) is 36.4 Å². The van der Waals surface area contributed by atoms with Gasteiger partial charge in [0.2, 0.25) is 11.8 Å². The van der Waals surface area contributed by atoms with Crippen molar-refractivity contribution in [1.29, 1.82) is 0 Å². The highest BCUT2D eigenvalue weighted by Gasteiger charge is 2.52. The molecule has 144 valence electrons. The highest BCUT2D eigenvalue weighted by molar-refractivity contribution is 6.27. The third kappa shape index (κ3) is 4.12. The van der Waals surface area contributed by atoms with Crippen molar-refractivity contribution in [1.82, 2.24) is 5.32 Å². The lowest BCUT2D eigenvalue weighted by molar-refractivity contribution is -0.135. The first kappa shape index (κ1) is 19.3. The van der Waals surface area contributed by atoms with Gasteiger partial charge in [-0.05, 0) is 56.7 Å². The summed E-state index contributed by atoms with van der Waals surface area (Å²) in [4.78, 5) is 37.5. The van der Waals surface area contributed by atoms with Gasteiger partial charge in [0.15, 0.2) is 11.7 Å². The van der Waals surface area contributed by atoms with E-state index >= 15 is 0 Å². The van der Waals surface area contributed by atoms with Gasteiger partial charge in [-0.3, -0.25) is 14.4 Å². The highest BCUT2D eigenvalue weighted by Crippen LogP contribution is 2.33. The van der Waals surface area contributed by atoms with Gasteiger partial charge in [-0.25, -0.2) is 0 Å². The van der Waals surface area contributed by atoms with Crippen molar-refractivity contribution in [3.8, 4) is 0 Å². The van der Waals surface area contributed by atoms with Gasteiger partial charge in [-0.15, -0.1) is 0 Å². The first-order chi connectivity index (χ1) is 12.9. The molecule has 0 bridgehead atoms. The zero-order valence-electron chi connectivity index (χ0n) is 16.1. The Balaban J connectivity index is 1.66. The summed E-state index contributed by atoms with van der Waals surface area (Å²) in [6.45, 7) is 3.52. The van der Waals surface area contributed by atoms with Crippen LogP contribution in [0.25, 0.3) is 0 Å². The Morgan fingerprint density at radius 3 is 2.48 bits per heavy atom. The number of amides is 2. The predicted octanol–water partition coefficient (Wildman–Crippen LogP) is 3.71. The molecule has 1 saturated carbocycles. The second-order valence-electron chi connectivity index (χ2n) is 7.84. The predicted molar refractivity (Wildman–Crippen MR) is 105 cm³/mol.